The molecule has 5 heteroatoms. The summed E-state index contributed by atoms with van der Waals surface area (Å²) in [6, 6.07) is 10.5. The third-order valence-corrected chi connectivity index (χ3v) is 4.69. The van der Waals surface area contributed by atoms with Crippen molar-refractivity contribution in [1.82, 2.24) is 15.0 Å². The minimum absolute atomic E-state index is 0.388. The van der Waals surface area contributed by atoms with E-state index in [-0.39, 0.29) is 0 Å². The summed E-state index contributed by atoms with van der Waals surface area (Å²) >= 11 is 0. The van der Waals surface area contributed by atoms with Crippen molar-refractivity contribution in [2.24, 2.45) is 0 Å². The number of morpholine rings is 1. The van der Waals surface area contributed by atoms with Crippen molar-refractivity contribution in [2.45, 2.75) is 44.4 Å². The van der Waals surface area contributed by atoms with Gasteiger partial charge in [-0.05, 0) is 12.8 Å². The van der Waals surface area contributed by atoms with Crippen LogP contribution >= 0.6 is 0 Å². The van der Waals surface area contributed by atoms with E-state index in [2.05, 4.69) is 15.0 Å². The van der Waals surface area contributed by atoms with E-state index in [0.717, 1.165) is 25.3 Å². The van der Waals surface area contributed by atoms with E-state index in [1.54, 1.807) is 0 Å². The predicted molar refractivity (Wildman–Crippen MR) is 82.1 cm³/mol. The van der Waals surface area contributed by atoms with E-state index in [4.69, 9.17) is 9.26 Å². The number of hydrogen-bond donors (Lipinski definition) is 0. The van der Waals surface area contributed by atoms with E-state index in [1.165, 1.54) is 25.7 Å². The Morgan fingerprint density at radius 1 is 1.14 bits per heavy atom. The Bertz CT molecular complexity index is 611. The number of ether oxygens (including phenoxy) is 1. The second-order valence-electron chi connectivity index (χ2n) is 6.11. The first-order valence-corrected chi connectivity index (χ1v) is 8.14. The molecule has 0 amide bonds. The highest BCUT2D eigenvalue weighted by molar-refractivity contribution is 5.53. The Labute approximate surface area is 130 Å². The highest BCUT2D eigenvalue weighted by Gasteiger charge is 2.34. The van der Waals surface area contributed by atoms with Gasteiger partial charge >= 0.3 is 0 Å². The lowest BCUT2D eigenvalue weighted by Gasteiger charge is -2.43. The Morgan fingerprint density at radius 3 is 2.91 bits per heavy atom. The number of nitrogens with zero attached hydrogens (tertiary/aromatic N) is 3. The first-order valence-electron chi connectivity index (χ1n) is 8.14. The Kier molecular flexibility index (Phi) is 3.91. The molecular weight excluding hydrogens is 278 g/mol. The van der Waals surface area contributed by atoms with Gasteiger partial charge in [0, 0.05) is 18.2 Å². The standard InChI is InChI=1S/C17H21N3O2/c1-2-6-13(7-3-1)17-18-16(22-19-17)12-20-10-11-21-15-9-5-4-8-14(15)20/h1-3,6-7,14-15H,4-5,8-12H2/t14-,15+/m0/s1. The molecule has 2 atom stereocenters. The summed E-state index contributed by atoms with van der Waals surface area (Å²) in [7, 11) is 0. The zero-order valence-electron chi connectivity index (χ0n) is 12.6. The van der Waals surface area contributed by atoms with Crippen LogP contribution in [0.1, 0.15) is 31.6 Å². The lowest BCUT2D eigenvalue weighted by Crippen LogP contribution is -2.52. The molecule has 0 spiro atoms. The fourth-order valence-electron chi connectivity index (χ4n) is 3.57. The third-order valence-electron chi connectivity index (χ3n) is 4.69. The number of aromatic nitrogens is 2. The molecule has 5 nitrogen and oxygen atoms in total. The molecule has 0 unspecified atom stereocenters. The van der Waals surface area contributed by atoms with Crippen molar-refractivity contribution >= 4 is 0 Å². The van der Waals surface area contributed by atoms with Gasteiger partial charge in [0.05, 0.1) is 19.3 Å². The molecule has 116 valence electrons. The topological polar surface area (TPSA) is 51.4 Å². The summed E-state index contributed by atoms with van der Waals surface area (Å²) in [6.07, 6.45) is 5.36. The molecule has 0 radical (unpaired) electrons. The van der Waals surface area contributed by atoms with Crippen LogP contribution in [0.4, 0.5) is 0 Å². The van der Waals surface area contributed by atoms with Crippen molar-refractivity contribution in [3.05, 3.63) is 36.2 Å². The molecule has 1 aromatic heterocycles. The van der Waals surface area contributed by atoms with Gasteiger partial charge in [0.25, 0.3) is 0 Å². The van der Waals surface area contributed by atoms with Gasteiger partial charge in [-0.1, -0.05) is 48.3 Å². The van der Waals surface area contributed by atoms with Gasteiger partial charge in [0.15, 0.2) is 0 Å². The second kappa shape index (κ2) is 6.18. The highest BCUT2D eigenvalue weighted by atomic mass is 16.5. The maximum Gasteiger partial charge on any atom is 0.241 e. The molecule has 2 heterocycles. The maximum atomic E-state index is 5.92. The quantitative estimate of drug-likeness (QED) is 0.872. The molecule has 1 saturated carbocycles. The summed E-state index contributed by atoms with van der Waals surface area (Å²) in [5, 5.41) is 4.11. The van der Waals surface area contributed by atoms with Crippen molar-refractivity contribution < 1.29 is 9.26 Å². The van der Waals surface area contributed by atoms with Gasteiger partial charge in [0.2, 0.25) is 11.7 Å². The van der Waals surface area contributed by atoms with E-state index in [1.807, 2.05) is 30.3 Å². The van der Waals surface area contributed by atoms with Gasteiger partial charge in [-0.3, -0.25) is 4.90 Å². The molecule has 2 fully saturated rings. The van der Waals surface area contributed by atoms with Crippen LogP contribution in [0.15, 0.2) is 34.9 Å². The van der Waals surface area contributed by atoms with Crippen LogP contribution in [-0.2, 0) is 11.3 Å². The van der Waals surface area contributed by atoms with Crippen LogP contribution in [0.5, 0.6) is 0 Å². The van der Waals surface area contributed by atoms with E-state index < -0.39 is 0 Å². The lowest BCUT2D eigenvalue weighted by molar-refractivity contribution is -0.0933. The number of fused-ring (bicyclic) bond motifs is 1. The highest BCUT2D eigenvalue weighted by Crippen LogP contribution is 2.29. The zero-order valence-corrected chi connectivity index (χ0v) is 12.6. The average Bonchev–Trinajstić information content (AvgIpc) is 3.05. The minimum Gasteiger partial charge on any atom is -0.375 e. The van der Waals surface area contributed by atoms with E-state index in [9.17, 15) is 0 Å². The fraction of sp³-hybridized carbons (Fsp3) is 0.529. The lowest BCUT2D eigenvalue weighted by atomic mass is 9.90. The van der Waals surface area contributed by atoms with Crippen molar-refractivity contribution in [3.63, 3.8) is 0 Å². The summed E-state index contributed by atoms with van der Waals surface area (Å²) < 4.78 is 11.4. The van der Waals surface area contributed by atoms with Gasteiger partial charge in [0.1, 0.15) is 0 Å². The largest absolute Gasteiger partial charge is 0.375 e. The van der Waals surface area contributed by atoms with E-state index >= 15 is 0 Å². The van der Waals surface area contributed by atoms with Crippen LogP contribution in [0.2, 0.25) is 0 Å². The molecule has 0 N–H and O–H groups in total. The van der Waals surface area contributed by atoms with Crippen LogP contribution < -0.4 is 0 Å². The summed E-state index contributed by atoms with van der Waals surface area (Å²) in [5.41, 5.74) is 0.995. The SMILES string of the molecule is c1ccc(-c2noc(CN3CCO[C@@H]4CCCC[C@@H]43)n2)cc1. The van der Waals surface area contributed by atoms with Crippen molar-refractivity contribution in [1.29, 1.82) is 0 Å². The molecule has 2 aromatic rings. The molecule has 1 saturated heterocycles. The van der Waals surface area contributed by atoms with Crippen LogP contribution in [0.25, 0.3) is 11.4 Å². The van der Waals surface area contributed by atoms with Crippen LogP contribution in [-0.4, -0.2) is 40.3 Å². The number of benzene rings is 1. The monoisotopic (exact) mass is 299 g/mol. The zero-order chi connectivity index (χ0) is 14.8. The maximum absolute atomic E-state index is 5.92. The smallest absolute Gasteiger partial charge is 0.241 e. The summed E-state index contributed by atoms with van der Waals surface area (Å²) in [4.78, 5) is 7.01. The predicted octanol–water partition coefficient (Wildman–Crippen LogP) is 2.88. The Balaban J connectivity index is 1.48. The number of rotatable bonds is 3. The average molecular weight is 299 g/mol. The molecule has 2 aliphatic rings. The molecule has 1 aromatic carbocycles. The van der Waals surface area contributed by atoms with E-state index in [0.29, 0.717) is 23.9 Å². The van der Waals surface area contributed by atoms with Gasteiger partial charge in [-0.15, -0.1) is 0 Å². The Hall–Kier alpha value is -1.72. The molecular formula is C17H21N3O2. The molecule has 4 rings (SSSR count). The normalized spacial score (nSPS) is 25.8. The van der Waals surface area contributed by atoms with Crippen LogP contribution in [0.3, 0.4) is 0 Å². The first kappa shape index (κ1) is 13.9. The van der Waals surface area contributed by atoms with Crippen molar-refractivity contribution in [2.75, 3.05) is 13.2 Å². The molecule has 22 heavy (non-hydrogen) atoms. The fourth-order valence-corrected chi connectivity index (χ4v) is 3.57. The molecule has 1 aliphatic heterocycles. The minimum atomic E-state index is 0.388. The van der Waals surface area contributed by atoms with Gasteiger partial charge < -0.3 is 9.26 Å². The van der Waals surface area contributed by atoms with Crippen molar-refractivity contribution in [3.8, 4) is 11.4 Å². The third kappa shape index (κ3) is 2.78. The molecule has 0 bridgehead atoms. The first-order chi connectivity index (χ1) is 10.9. The second-order valence-corrected chi connectivity index (χ2v) is 6.11. The van der Waals surface area contributed by atoms with Gasteiger partial charge in [-0.25, -0.2) is 0 Å². The summed E-state index contributed by atoms with van der Waals surface area (Å²) in [5.74, 6) is 1.37. The molecule has 1 aliphatic carbocycles. The van der Waals surface area contributed by atoms with Crippen LogP contribution in [0, 0.1) is 0 Å². The van der Waals surface area contributed by atoms with Gasteiger partial charge in [-0.2, -0.15) is 4.98 Å². The Morgan fingerprint density at radius 2 is 2.00 bits per heavy atom. The summed E-state index contributed by atoms with van der Waals surface area (Å²) in [6.45, 7) is 2.48. The number of hydrogen-bond acceptors (Lipinski definition) is 5.